The molecule has 0 radical (unpaired) electrons. The molecule has 110 valence electrons. The summed E-state index contributed by atoms with van der Waals surface area (Å²) in [5, 5.41) is 8.63. The lowest BCUT2D eigenvalue weighted by Gasteiger charge is -2.17. The van der Waals surface area contributed by atoms with Gasteiger partial charge in [0.1, 0.15) is 0 Å². The van der Waals surface area contributed by atoms with E-state index in [9.17, 15) is 9.59 Å². The molecule has 1 rings (SSSR count). The molecule has 0 bridgehead atoms. The van der Waals surface area contributed by atoms with Gasteiger partial charge in [-0.15, -0.1) is 11.3 Å². The molecule has 0 saturated carbocycles. The van der Waals surface area contributed by atoms with Crippen LogP contribution in [0.3, 0.4) is 0 Å². The number of nitrogens with zero attached hydrogens (tertiary/aromatic N) is 1. The Balaban J connectivity index is 2.79. The lowest BCUT2D eigenvalue weighted by atomic mass is 10.1. The van der Waals surface area contributed by atoms with Crippen LogP contribution in [-0.4, -0.2) is 35.5 Å². The van der Waals surface area contributed by atoms with Gasteiger partial charge in [-0.3, -0.25) is 4.79 Å². The number of aryl methyl sites for hydroxylation is 1. The predicted molar refractivity (Wildman–Crippen MR) is 82.1 cm³/mol. The van der Waals surface area contributed by atoms with Gasteiger partial charge in [-0.2, -0.15) is 0 Å². The van der Waals surface area contributed by atoms with E-state index >= 15 is 0 Å². The highest BCUT2D eigenvalue weighted by molar-refractivity contribution is 7.15. The Hall–Kier alpha value is -1.62. The van der Waals surface area contributed by atoms with Gasteiger partial charge in [-0.25, -0.2) is 4.79 Å². The summed E-state index contributed by atoms with van der Waals surface area (Å²) in [6, 6.07) is 1.82. The fourth-order valence-electron chi connectivity index (χ4n) is 1.66. The van der Waals surface area contributed by atoms with E-state index in [0.29, 0.717) is 10.8 Å². The summed E-state index contributed by atoms with van der Waals surface area (Å²) >= 11 is 1.33. The summed E-state index contributed by atoms with van der Waals surface area (Å²) in [4.78, 5) is 26.0. The van der Waals surface area contributed by atoms with Gasteiger partial charge < -0.3 is 10.0 Å². The molecule has 0 aromatic carbocycles. The second kappa shape index (κ2) is 7.24. The summed E-state index contributed by atoms with van der Waals surface area (Å²) in [5.41, 5.74) is 0.924. The van der Waals surface area contributed by atoms with Crippen molar-refractivity contribution in [2.45, 2.75) is 27.2 Å². The zero-order valence-electron chi connectivity index (χ0n) is 12.3. The molecule has 0 aliphatic carbocycles. The van der Waals surface area contributed by atoms with Crippen molar-refractivity contribution in [3.8, 4) is 0 Å². The van der Waals surface area contributed by atoms with Crippen molar-refractivity contribution < 1.29 is 14.7 Å². The first-order valence-corrected chi connectivity index (χ1v) is 7.39. The van der Waals surface area contributed by atoms with Crippen molar-refractivity contribution in [1.29, 1.82) is 0 Å². The second-order valence-corrected chi connectivity index (χ2v) is 6.32. The maximum Gasteiger partial charge on any atom is 0.328 e. The van der Waals surface area contributed by atoms with E-state index < -0.39 is 5.97 Å². The lowest BCUT2D eigenvalue weighted by Crippen LogP contribution is -2.27. The van der Waals surface area contributed by atoms with Gasteiger partial charge in [0.15, 0.2) is 0 Å². The van der Waals surface area contributed by atoms with Gasteiger partial charge in [0.05, 0.1) is 4.88 Å². The second-order valence-electron chi connectivity index (χ2n) is 5.24. The van der Waals surface area contributed by atoms with Crippen molar-refractivity contribution in [1.82, 2.24) is 4.90 Å². The Kier molecular flexibility index (Phi) is 5.95. The quantitative estimate of drug-likeness (QED) is 0.819. The number of aliphatic carboxylic acids is 1. The van der Waals surface area contributed by atoms with Gasteiger partial charge in [-0.05, 0) is 37.0 Å². The van der Waals surface area contributed by atoms with E-state index in [1.54, 1.807) is 11.9 Å². The van der Waals surface area contributed by atoms with Crippen LogP contribution in [0.2, 0.25) is 0 Å². The zero-order valence-corrected chi connectivity index (χ0v) is 13.2. The van der Waals surface area contributed by atoms with Gasteiger partial charge in [0, 0.05) is 24.5 Å². The normalized spacial score (nSPS) is 11.2. The molecule has 0 atom stereocenters. The number of hydrogen-bond donors (Lipinski definition) is 1. The molecule has 4 nitrogen and oxygen atoms in total. The number of hydrogen-bond acceptors (Lipinski definition) is 3. The minimum Gasteiger partial charge on any atom is -0.478 e. The van der Waals surface area contributed by atoms with Crippen LogP contribution in [0.4, 0.5) is 0 Å². The number of carbonyl (C=O) groups is 2. The minimum absolute atomic E-state index is 0.00581. The third-order valence-electron chi connectivity index (χ3n) is 2.93. The van der Waals surface area contributed by atoms with E-state index in [0.717, 1.165) is 29.5 Å². The summed E-state index contributed by atoms with van der Waals surface area (Å²) in [6.07, 6.45) is 3.60. The Morgan fingerprint density at radius 3 is 2.65 bits per heavy atom. The molecular weight excluding hydrogens is 274 g/mol. The zero-order chi connectivity index (χ0) is 15.3. The highest BCUT2D eigenvalue weighted by Crippen LogP contribution is 2.24. The summed E-state index contributed by atoms with van der Waals surface area (Å²) in [5.74, 6) is -0.433. The van der Waals surface area contributed by atoms with Crippen LogP contribution in [0.15, 0.2) is 12.1 Å². The molecule has 1 heterocycles. The van der Waals surface area contributed by atoms with Crippen LogP contribution >= 0.6 is 11.3 Å². The molecule has 5 heteroatoms. The molecular formula is C15H21NO3S. The topological polar surface area (TPSA) is 57.6 Å². The number of rotatable bonds is 6. The smallest absolute Gasteiger partial charge is 0.328 e. The molecule has 0 fully saturated rings. The molecule has 20 heavy (non-hydrogen) atoms. The molecule has 0 aliphatic rings. The van der Waals surface area contributed by atoms with Gasteiger partial charge >= 0.3 is 5.97 Å². The van der Waals surface area contributed by atoms with Crippen molar-refractivity contribution in [2.24, 2.45) is 5.92 Å². The van der Waals surface area contributed by atoms with E-state index in [4.69, 9.17) is 5.11 Å². The molecule has 0 saturated heterocycles. The summed E-state index contributed by atoms with van der Waals surface area (Å²) in [6.45, 7) is 6.86. The Morgan fingerprint density at radius 1 is 1.45 bits per heavy atom. The molecule has 1 N–H and O–H groups in total. The van der Waals surface area contributed by atoms with Crippen LogP contribution in [-0.2, 0) is 4.79 Å². The average molecular weight is 295 g/mol. The summed E-state index contributed by atoms with van der Waals surface area (Å²) in [7, 11) is 1.80. The molecule has 1 amide bonds. The van der Waals surface area contributed by atoms with Crippen molar-refractivity contribution in [3.63, 3.8) is 0 Å². The molecule has 0 spiro atoms. The van der Waals surface area contributed by atoms with Crippen LogP contribution in [0.25, 0.3) is 6.08 Å². The SMILES string of the molecule is Cc1cc(C(=O)N(C)CCC(C)C)sc1/C=C/C(=O)O. The predicted octanol–water partition coefficient (Wildman–Crippen LogP) is 3.27. The maximum atomic E-state index is 12.3. The first kappa shape index (κ1) is 16.4. The van der Waals surface area contributed by atoms with Crippen LogP contribution < -0.4 is 0 Å². The van der Waals surface area contributed by atoms with E-state index in [1.807, 2.05) is 13.0 Å². The molecule has 1 aromatic heterocycles. The van der Waals surface area contributed by atoms with Crippen LogP contribution in [0.5, 0.6) is 0 Å². The number of amides is 1. The van der Waals surface area contributed by atoms with E-state index in [-0.39, 0.29) is 5.91 Å². The standard InChI is InChI=1S/C15H21NO3S/c1-10(2)7-8-16(4)15(19)13-9-11(3)12(20-13)5-6-14(17)18/h5-6,9-10H,7-8H2,1-4H3,(H,17,18)/b6-5+. The fraction of sp³-hybridized carbons (Fsp3) is 0.467. The third kappa shape index (κ3) is 4.81. The Labute approximate surface area is 123 Å². The minimum atomic E-state index is -0.986. The van der Waals surface area contributed by atoms with Crippen molar-refractivity contribution >= 4 is 29.3 Å². The molecule has 1 aromatic rings. The van der Waals surface area contributed by atoms with Crippen molar-refractivity contribution in [2.75, 3.05) is 13.6 Å². The number of thiophene rings is 1. The fourth-order valence-corrected chi connectivity index (χ4v) is 2.73. The molecule has 0 aliphatic heterocycles. The number of carboxylic acid groups (broad SMARTS) is 1. The Morgan fingerprint density at radius 2 is 2.10 bits per heavy atom. The monoisotopic (exact) mass is 295 g/mol. The first-order chi connectivity index (χ1) is 9.31. The molecule has 0 unspecified atom stereocenters. The largest absolute Gasteiger partial charge is 0.478 e. The Bertz CT molecular complexity index is 517. The maximum absolute atomic E-state index is 12.3. The van der Waals surface area contributed by atoms with Gasteiger partial charge in [0.25, 0.3) is 5.91 Å². The third-order valence-corrected chi connectivity index (χ3v) is 4.12. The highest BCUT2D eigenvalue weighted by atomic mass is 32.1. The van der Waals surface area contributed by atoms with E-state index in [2.05, 4.69) is 13.8 Å². The summed E-state index contributed by atoms with van der Waals surface area (Å²) < 4.78 is 0. The number of carboxylic acids is 1. The van der Waals surface area contributed by atoms with Crippen molar-refractivity contribution in [3.05, 3.63) is 27.5 Å². The average Bonchev–Trinajstić information content (AvgIpc) is 2.73. The highest BCUT2D eigenvalue weighted by Gasteiger charge is 2.15. The van der Waals surface area contributed by atoms with Gasteiger partial charge in [-0.1, -0.05) is 13.8 Å². The van der Waals surface area contributed by atoms with Gasteiger partial charge in [0.2, 0.25) is 0 Å². The lowest BCUT2D eigenvalue weighted by molar-refractivity contribution is -0.131. The van der Waals surface area contributed by atoms with E-state index in [1.165, 1.54) is 17.4 Å². The first-order valence-electron chi connectivity index (χ1n) is 6.58. The van der Waals surface area contributed by atoms with Crippen LogP contribution in [0, 0.1) is 12.8 Å². The van der Waals surface area contributed by atoms with Crippen LogP contribution in [0.1, 0.15) is 40.4 Å². The number of carbonyl (C=O) groups excluding carboxylic acids is 1.